The molecule has 3 rings (SSSR count). The highest BCUT2D eigenvalue weighted by atomic mass is 35.5. The van der Waals surface area contributed by atoms with E-state index >= 15 is 0 Å². The number of hydrogen-bond acceptors (Lipinski definition) is 5. The number of carboxylic acid groups (broad SMARTS) is 1. The molecule has 1 N–H and O–H groups in total. The van der Waals surface area contributed by atoms with Crippen molar-refractivity contribution in [3.05, 3.63) is 58.6 Å². The molecule has 2 aromatic rings. The third kappa shape index (κ3) is 6.40. The number of halogens is 2. The molecule has 2 heterocycles. The number of carbonyl (C=O) groups excluding carboxylic acids is 1. The number of carbonyl (C=O) groups is 2. The molecule has 0 bridgehead atoms. The highest BCUT2D eigenvalue weighted by Crippen LogP contribution is 2.21. The summed E-state index contributed by atoms with van der Waals surface area (Å²) < 4.78 is 19.2. The third-order valence-electron chi connectivity index (χ3n) is 4.51. The minimum Gasteiger partial charge on any atom is -0.497 e. The third-order valence-corrected chi connectivity index (χ3v) is 4.86. The highest BCUT2D eigenvalue weighted by Gasteiger charge is 2.22. The van der Waals surface area contributed by atoms with E-state index in [0.717, 1.165) is 13.0 Å². The first-order valence-electron chi connectivity index (χ1n) is 9.02. The van der Waals surface area contributed by atoms with Crippen LogP contribution in [0.25, 0.3) is 0 Å². The summed E-state index contributed by atoms with van der Waals surface area (Å²) in [6.07, 6.45) is 2.37. The van der Waals surface area contributed by atoms with Gasteiger partial charge >= 0.3 is 0 Å². The molecule has 0 unspecified atom stereocenters. The van der Waals surface area contributed by atoms with E-state index in [4.69, 9.17) is 26.2 Å². The second-order valence-corrected chi connectivity index (χ2v) is 6.72. The number of rotatable bonds is 4. The van der Waals surface area contributed by atoms with Crippen molar-refractivity contribution in [1.29, 1.82) is 0 Å². The molecule has 29 heavy (non-hydrogen) atoms. The minimum absolute atomic E-state index is 0.116. The van der Waals surface area contributed by atoms with Gasteiger partial charge in [-0.1, -0.05) is 17.7 Å². The Kier molecular flexibility index (Phi) is 8.82. The largest absolute Gasteiger partial charge is 0.497 e. The van der Waals surface area contributed by atoms with Crippen molar-refractivity contribution in [3.63, 3.8) is 0 Å². The molecule has 0 radical (unpaired) electrons. The molecule has 1 aliphatic rings. The Hall–Kier alpha value is -2.71. The Morgan fingerprint density at radius 3 is 2.76 bits per heavy atom. The first-order valence-corrected chi connectivity index (χ1v) is 9.40. The lowest BCUT2D eigenvalue weighted by Gasteiger charge is -2.22. The van der Waals surface area contributed by atoms with Gasteiger partial charge < -0.3 is 14.7 Å². The minimum atomic E-state index is -0.296. The highest BCUT2D eigenvalue weighted by molar-refractivity contribution is 6.31. The van der Waals surface area contributed by atoms with Gasteiger partial charge in [-0.3, -0.25) is 19.5 Å². The molecule has 1 fully saturated rings. The van der Waals surface area contributed by atoms with E-state index in [2.05, 4.69) is 9.88 Å². The van der Waals surface area contributed by atoms with E-state index in [9.17, 15) is 9.18 Å². The molecular weight excluding hydrogens is 401 g/mol. The predicted octanol–water partition coefficient (Wildman–Crippen LogP) is 2.93. The van der Waals surface area contributed by atoms with E-state index in [0.29, 0.717) is 48.2 Å². The second-order valence-electron chi connectivity index (χ2n) is 6.31. The molecule has 1 aliphatic heterocycles. The molecule has 7 nitrogen and oxygen atoms in total. The van der Waals surface area contributed by atoms with Crippen LogP contribution in [0.5, 0.6) is 5.75 Å². The molecule has 0 aliphatic carbocycles. The number of benzene rings is 1. The SMILES string of the molecule is COc1ccnc(C(=O)N2CCCN(Cc3c(F)cccc3Cl)CC2)c1.O=CO. The number of pyridine rings is 1. The number of aromatic nitrogens is 1. The Balaban J connectivity index is 0.000000941. The summed E-state index contributed by atoms with van der Waals surface area (Å²) in [6, 6.07) is 8.07. The second kappa shape index (κ2) is 11.3. The average Bonchev–Trinajstić information content (AvgIpc) is 2.96. The van der Waals surface area contributed by atoms with Crippen LogP contribution in [0.3, 0.4) is 0 Å². The molecule has 156 valence electrons. The van der Waals surface area contributed by atoms with Crippen LogP contribution in [-0.4, -0.2) is 65.6 Å². The van der Waals surface area contributed by atoms with Crippen LogP contribution in [-0.2, 0) is 11.3 Å². The maximum absolute atomic E-state index is 14.0. The van der Waals surface area contributed by atoms with Crippen molar-refractivity contribution in [2.75, 3.05) is 33.3 Å². The van der Waals surface area contributed by atoms with Gasteiger partial charge in [0.15, 0.2) is 0 Å². The van der Waals surface area contributed by atoms with E-state index in [1.807, 2.05) is 0 Å². The van der Waals surface area contributed by atoms with Gasteiger partial charge in [0.05, 0.1) is 7.11 Å². The van der Waals surface area contributed by atoms with E-state index in [-0.39, 0.29) is 18.2 Å². The van der Waals surface area contributed by atoms with Crippen LogP contribution in [0, 0.1) is 5.82 Å². The van der Waals surface area contributed by atoms with Crippen LogP contribution in [0.2, 0.25) is 5.02 Å². The van der Waals surface area contributed by atoms with E-state index < -0.39 is 0 Å². The van der Waals surface area contributed by atoms with Gasteiger partial charge in [-0.2, -0.15) is 0 Å². The van der Waals surface area contributed by atoms with E-state index in [1.54, 1.807) is 42.5 Å². The first kappa shape index (κ1) is 22.6. The van der Waals surface area contributed by atoms with E-state index in [1.165, 1.54) is 6.07 Å². The summed E-state index contributed by atoms with van der Waals surface area (Å²) in [5, 5.41) is 7.32. The zero-order valence-corrected chi connectivity index (χ0v) is 16.8. The van der Waals surface area contributed by atoms with Gasteiger partial charge in [0.2, 0.25) is 0 Å². The molecule has 1 aromatic heterocycles. The number of methoxy groups -OCH3 is 1. The van der Waals surface area contributed by atoms with Crippen LogP contribution in [0.1, 0.15) is 22.5 Å². The van der Waals surface area contributed by atoms with Crippen molar-refractivity contribution < 1.29 is 23.8 Å². The molecule has 0 spiro atoms. The molecule has 9 heteroatoms. The normalized spacial score (nSPS) is 14.4. The van der Waals surface area contributed by atoms with Crippen LogP contribution in [0.15, 0.2) is 36.5 Å². The summed E-state index contributed by atoms with van der Waals surface area (Å²) in [7, 11) is 1.56. The number of nitrogens with zero attached hydrogens (tertiary/aromatic N) is 3. The summed E-state index contributed by atoms with van der Waals surface area (Å²) in [4.78, 5) is 29.1. The Morgan fingerprint density at radius 1 is 1.31 bits per heavy atom. The van der Waals surface area contributed by atoms with Gasteiger partial charge in [-0.05, 0) is 24.6 Å². The Morgan fingerprint density at radius 2 is 2.07 bits per heavy atom. The molecule has 0 atom stereocenters. The zero-order chi connectivity index (χ0) is 21.2. The summed E-state index contributed by atoms with van der Waals surface area (Å²) in [5.41, 5.74) is 0.873. The van der Waals surface area contributed by atoms with Gasteiger partial charge in [-0.15, -0.1) is 0 Å². The van der Waals surface area contributed by atoms with Gasteiger partial charge in [0, 0.05) is 55.6 Å². The summed E-state index contributed by atoms with van der Waals surface area (Å²) in [5.74, 6) is 0.193. The molecule has 1 saturated heterocycles. The average molecular weight is 424 g/mol. The predicted molar refractivity (Wildman–Crippen MR) is 107 cm³/mol. The van der Waals surface area contributed by atoms with Crippen molar-refractivity contribution in [2.45, 2.75) is 13.0 Å². The van der Waals surface area contributed by atoms with Gasteiger partial charge in [0.25, 0.3) is 12.4 Å². The van der Waals surface area contributed by atoms with Crippen molar-refractivity contribution in [2.24, 2.45) is 0 Å². The molecule has 1 aromatic carbocycles. The maximum atomic E-state index is 14.0. The number of hydrogen-bond donors (Lipinski definition) is 1. The van der Waals surface area contributed by atoms with Crippen molar-refractivity contribution >= 4 is 24.0 Å². The fourth-order valence-corrected chi connectivity index (χ4v) is 3.28. The van der Waals surface area contributed by atoms with Gasteiger partial charge in [-0.25, -0.2) is 4.39 Å². The quantitative estimate of drug-likeness (QED) is 0.761. The fourth-order valence-electron chi connectivity index (χ4n) is 3.06. The summed E-state index contributed by atoms with van der Waals surface area (Å²) in [6.45, 7) is 2.81. The monoisotopic (exact) mass is 423 g/mol. The topological polar surface area (TPSA) is 83.0 Å². The van der Waals surface area contributed by atoms with Crippen molar-refractivity contribution in [3.8, 4) is 5.75 Å². The smallest absolute Gasteiger partial charge is 0.290 e. The zero-order valence-electron chi connectivity index (χ0n) is 16.1. The lowest BCUT2D eigenvalue weighted by molar-refractivity contribution is -0.122. The standard InChI is InChI=1S/C19H21ClFN3O2.CH2O2/c1-26-14-6-7-22-18(12-14)19(25)24-9-3-8-23(10-11-24)13-15-16(20)4-2-5-17(15)21;2-1-3/h2,4-7,12H,3,8-11,13H2,1H3;1H,(H,2,3). The molecule has 0 saturated carbocycles. The van der Waals surface area contributed by atoms with Crippen LogP contribution >= 0.6 is 11.6 Å². The molecule has 1 amide bonds. The number of ether oxygens (including phenoxy) is 1. The Labute approximate surface area is 173 Å². The molecular formula is C20H23ClFN3O4. The summed E-state index contributed by atoms with van der Waals surface area (Å²) >= 11 is 6.13. The lowest BCUT2D eigenvalue weighted by atomic mass is 10.2. The first-order chi connectivity index (χ1) is 14.0. The van der Waals surface area contributed by atoms with Crippen molar-refractivity contribution in [1.82, 2.24) is 14.8 Å². The Bertz CT molecular complexity index is 817. The maximum Gasteiger partial charge on any atom is 0.290 e. The number of amides is 1. The lowest BCUT2D eigenvalue weighted by Crippen LogP contribution is -2.35. The fraction of sp³-hybridized carbons (Fsp3) is 0.350. The van der Waals surface area contributed by atoms with Crippen LogP contribution < -0.4 is 4.74 Å². The van der Waals surface area contributed by atoms with Crippen LogP contribution in [0.4, 0.5) is 4.39 Å². The van der Waals surface area contributed by atoms with Gasteiger partial charge in [0.1, 0.15) is 17.3 Å².